The van der Waals surface area contributed by atoms with E-state index in [2.05, 4.69) is 15.4 Å². The van der Waals surface area contributed by atoms with E-state index in [1.54, 1.807) is 0 Å². The van der Waals surface area contributed by atoms with Crippen molar-refractivity contribution in [2.75, 3.05) is 11.4 Å². The SMILES string of the molecule is O=C1CCN(c2nc3c(C(=O)O)cccn3n2)C(=O)N1. The van der Waals surface area contributed by atoms with E-state index in [9.17, 15) is 14.4 Å². The van der Waals surface area contributed by atoms with E-state index in [-0.39, 0.29) is 36.0 Å². The number of urea groups is 1. The molecule has 1 fully saturated rings. The van der Waals surface area contributed by atoms with Gasteiger partial charge in [0.25, 0.3) is 5.95 Å². The van der Waals surface area contributed by atoms with Gasteiger partial charge in [0.1, 0.15) is 5.56 Å². The fourth-order valence-electron chi connectivity index (χ4n) is 1.93. The first-order valence-corrected chi connectivity index (χ1v) is 5.76. The van der Waals surface area contributed by atoms with E-state index in [0.717, 1.165) is 0 Å². The average Bonchev–Trinajstić information content (AvgIpc) is 2.81. The number of fused-ring (bicyclic) bond motifs is 1. The Labute approximate surface area is 111 Å². The van der Waals surface area contributed by atoms with E-state index >= 15 is 0 Å². The normalized spacial score (nSPS) is 15.5. The van der Waals surface area contributed by atoms with Crippen molar-refractivity contribution in [1.29, 1.82) is 0 Å². The molecule has 3 heterocycles. The van der Waals surface area contributed by atoms with Gasteiger partial charge in [-0.1, -0.05) is 0 Å². The third-order valence-corrected chi connectivity index (χ3v) is 2.88. The summed E-state index contributed by atoms with van der Waals surface area (Å²) in [7, 11) is 0. The number of carboxylic acid groups (broad SMARTS) is 1. The third-order valence-electron chi connectivity index (χ3n) is 2.88. The average molecular weight is 275 g/mol. The summed E-state index contributed by atoms with van der Waals surface area (Å²) in [5.74, 6) is -1.43. The van der Waals surface area contributed by atoms with Gasteiger partial charge in [0.2, 0.25) is 5.91 Å². The number of nitrogens with one attached hydrogen (secondary N) is 1. The van der Waals surface area contributed by atoms with Crippen LogP contribution in [0.3, 0.4) is 0 Å². The highest BCUT2D eigenvalue weighted by Gasteiger charge is 2.27. The molecule has 2 aromatic heterocycles. The number of imide groups is 1. The number of aromatic carboxylic acids is 1. The zero-order chi connectivity index (χ0) is 14.3. The molecule has 0 aromatic carbocycles. The quantitative estimate of drug-likeness (QED) is 0.788. The van der Waals surface area contributed by atoms with E-state index in [0.29, 0.717) is 0 Å². The number of nitrogens with zero attached hydrogens (tertiary/aromatic N) is 4. The first-order valence-electron chi connectivity index (χ1n) is 5.76. The molecule has 2 N–H and O–H groups in total. The van der Waals surface area contributed by atoms with Gasteiger partial charge < -0.3 is 5.11 Å². The molecule has 3 amide bonds. The molecular formula is C11H9N5O4. The van der Waals surface area contributed by atoms with Gasteiger partial charge in [0.05, 0.1) is 0 Å². The van der Waals surface area contributed by atoms with Crippen molar-refractivity contribution >= 4 is 29.5 Å². The van der Waals surface area contributed by atoms with E-state index < -0.39 is 12.0 Å². The third kappa shape index (κ3) is 1.85. The number of hydrogen-bond acceptors (Lipinski definition) is 5. The van der Waals surface area contributed by atoms with Crippen LogP contribution in [0.2, 0.25) is 0 Å². The Morgan fingerprint density at radius 2 is 2.20 bits per heavy atom. The van der Waals surface area contributed by atoms with Gasteiger partial charge in [0.15, 0.2) is 5.65 Å². The standard InChI is InChI=1S/C11H9N5O4/c17-7-3-5-15(11(20)12-7)10-13-8-6(9(18)19)2-1-4-16(8)14-10/h1-2,4H,3,5H2,(H,18,19)(H,12,17,20). The molecule has 1 saturated heterocycles. The molecule has 0 unspecified atom stereocenters. The molecule has 3 rings (SSSR count). The summed E-state index contributed by atoms with van der Waals surface area (Å²) < 4.78 is 1.28. The Bertz CT molecular complexity index is 737. The molecular weight excluding hydrogens is 266 g/mol. The maximum Gasteiger partial charge on any atom is 0.339 e. The van der Waals surface area contributed by atoms with Crippen LogP contribution in [-0.4, -0.2) is 44.2 Å². The lowest BCUT2D eigenvalue weighted by Crippen LogP contribution is -2.50. The monoisotopic (exact) mass is 275 g/mol. The molecule has 2 aromatic rings. The minimum atomic E-state index is -1.13. The summed E-state index contributed by atoms with van der Waals surface area (Å²) in [5.41, 5.74) is 0.124. The number of aromatic nitrogens is 3. The summed E-state index contributed by atoms with van der Waals surface area (Å²) in [6.45, 7) is 0.157. The fourth-order valence-corrected chi connectivity index (χ4v) is 1.93. The van der Waals surface area contributed by atoms with Gasteiger partial charge in [0, 0.05) is 19.2 Å². The minimum absolute atomic E-state index is 0.0141. The number of carboxylic acids is 1. The maximum atomic E-state index is 11.7. The van der Waals surface area contributed by atoms with Gasteiger partial charge in [-0.15, -0.1) is 5.10 Å². The molecule has 0 spiro atoms. The number of pyridine rings is 1. The van der Waals surface area contributed by atoms with E-state index in [1.807, 2.05) is 0 Å². The smallest absolute Gasteiger partial charge is 0.339 e. The highest BCUT2D eigenvalue weighted by Crippen LogP contribution is 2.16. The Balaban J connectivity index is 2.05. The summed E-state index contributed by atoms with van der Waals surface area (Å²) >= 11 is 0. The van der Waals surface area contributed by atoms with Crippen LogP contribution in [0.25, 0.3) is 5.65 Å². The van der Waals surface area contributed by atoms with Gasteiger partial charge in [-0.05, 0) is 12.1 Å². The Kier molecular flexibility index (Phi) is 2.60. The predicted octanol–water partition coefficient (Wildman–Crippen LogP) is -0.126. The van der Waals surface area contributed by atoms with Crippen molar-refractivity contribution in [3.63, 3.8) is 0 Å². The molecule has 0 radical (unpaired) electrons. The molecule has 0 aliphatic carbocycles. The number of hydrogen-bond donors (Lipinski definition) is 2. The Hall–Kier alpha value is -2.97. The van der Waals surface area contributed by atoms with Crippen molar-refractivity contribution in [3.05, 3.63) is 23.9 Å². The van der Waals surface area contributed by atoms with Gasteiger partial charge in [-0.3, -0.25) is 15.0 Å². The van der Waals surface area contributed by atoms with Gasteiger partial charge in [-0.2, -0.15) is 4.98 Å². The number of anilines is 1. The Morgan fingerprint density at radius 3 is 2.90 bits per heavy atom. The van der Waals surface area contributed by atoms with Gasteiger partial charge >= 0.3 is 12.0 Å². The maximum absolute atomic E-state index is 11.7. The van der Waals surface area contributed by atoms with Crippen LogP contribution in [0.5, 0.6) is 0 Å². The van der Waals surface area contributed by atoms with E-state index in [1.165, 1.54) is 27.7 Å². The molecule has 0 bridgehead atoms. The summed E-state index contributed by atoms with van der Waals surface area (Å²) in [4.78, 5) is 39.1. The number of carbonyl (C=O) groups is 3. The van der Waals surface area contributed by atoms with Crippen LogP contribution in [0.15, 0.2) is 18.3 Å². The minimum Gasteiger partial charge on any atom is -0.478 e. The van der Waals surface area contributed by atoms with Crippen LogP contribution >= 0.6 is 0 Å². The van der Waals surface area contributed by atoms with Crippen molar-refractivity contribution in [2.24, 2.45) is 0 Å². The van der Waals surface area contributed by atoms with Crippen molar-refractivity contribution in [2.45, 2.75) is 6.42 Å². The van der Waals surface area contributed by atoms with Crippen molar-refractivity contribution in [3.8, 4) is 0 Å². The molecule has 0 atom stereocenters. The lowest BCUT2D eigenvalue weighted by molar-refractivity contribution is -0.120. The van der Waals surface area contributed by atoms with Crippen LogP contribution in [0.4, 0.5) is 10.7 Å². The molecule has 9 heteroatoms. The zero-order valence-electron chi connectivity index (χ0n) is 10.1. The lowest BCUT2D eigenvalue weighted by atomic mass is 10.3. The van der Waals surface area contributed by atoms with Gasteiger partial charge in [-0.25, -0.2) is 14.1 Å². The molecule has 0 saturated carbocycles. The highest BCUT2D eigenvalue weighted by molar-refractivity contribution is 6.05. The molecule has 20 heavy (non-hydrogen) atoms. The van der Waals surface area contributed by atoms with E-state index in [4.69, 9.17) is 5.11 Å². The molecule has 102 valence electrons. The predicted molar refractivity (Wildman–Crippen MR) is 65.4 cm³/mol. The second-order valence-electron chi connectivity index (χ2n) is 4.16. The first-order chi connectivity index (χ1) is 9.56. The number of carbonyl (C=O) groups excluding carboxylic acids is 2. The lowest BCUT2D eigenvalue weighted by Gasteiger charge is -2.22. The second kappa shape index (κ2) is 4.30. The largest absolute Gasteiger partial charge is 0.478 e. The number of rotatable bonds is 2. The van der Waals surface area contributed by atoms with Crippen LogP contribution in [-0.2, 0) is 4.79 Å². The summed E-state index contributed by atoms with van der Waals surface area (Å²) in [6, 6.07) is 2.30. The van der Waals surface area contributed by atoms with Crippen LogP contribution < -0.4 is 10.2 Å². The van der Waals surface area contributed by atoms with Crippen molar-refractivity contribution in [1.82, 2.24) is 19.9 Å². The second-order valence-corrected chi connectivity index (χ2v) is 4.16. The Morgan fingerprint density at radius 1 is 1.40 bits per heavy atom. The van der Waals surface area contributed by atoms with Crippen molar-refractivity contribution < 1.29 is 19.5 Å². The zero-order valence-corrected chi connectivity index (χ0v) is 10.1. The molecule has 1 aliphatic heterocycles. The number of amides is 3. The molecule has 9 nitrogen and oxygen atoms in total. The fraction of sp³-hybridized carbons (Fsp3) is 0.182. The summed E-state index contributed by atoms with van der Waals surface area (Å²) in [6.07, 6.45) is 1.68. The summed E-state index contributed by atoms with van der Waals surface area (Å²) in [5, 5.41) is 15.3. The van der Waals surface area contributed by atoms with Crippen LogP contribution in [0, 0.1) is 0 Å². The molecule has 1 aliphatic rings. The first kappa shape index (κ1) is 12.1. The topological polar surface area (TPSA) is 117 Å². The van der Waals surface area contributed by atoms with Crippen LogP contribution in [0.1, 0.15) is 16.8 Å². The highest BCUT2D eigenvalue weighted by atomic mass is 16.4.